The van der Waals surface area contributed by atoms with Gasteiger partial charge in [0.25, 0.3) is 5.91 Å². The molecule has 3 aromatic rings. The minimum absolute atomic E-state index is 0.152. The molecule has 0 bridgehead atoms. The zero-order valence-electron chi connectivity index (χ0n) is 12.3. The van der Waals surface area contributed by atoms with Gasteiger partial charge in [-0.25, -0.2) is 9.97 Å². The fraction of sp³-hybridized carbons (Fsp3) is 0.188. The molecule has 0 aliphatic carbocycles. The molecule has 1 N–H and O–H groups in total. The van der Waals surface area contributed by atoms with Crippen LogP contribution < -0.4 is 5.32 Å². The Labute approximate surface area is 136 Å². The average molecular weight is 329 g/mol. The topological polar surface area (TPSA) is 54.9 Å². The van der Waals surface area contributed by atoms with Crippen molar-refractivity contribution < 1.29 is 4.79 Å². The standard InChI is InChI=1S/C16H15N3OS2/c1-3-11-4-6-12(7-5-11)15-18-10(2)13(22-15)14(20)19-16-17-8-9-21-16/h4-9H,3H2,1-2H3,(H,17,19,20). The van der Waals surface area contributed by atoms with E-state index in [9.17, 15) is 4.79 Å². The minimum atomic E-state index is -0.152. The first kappa shape index (κ1) is 14.9. The number of carbonyl (C=O) groups excluding carboxylic acids is 1. The molecule has 0 aliphatic heterocycles. The van der Waals surface area contributed by atoms with Gasteiger partial charge in [-0.15, -0.1) is 22.7 Å². The minimum Gasteiger partial charge on any atom is -0.297 e. The number of rotatable bonds is 4. The zero-order chi connectivity index (χ0) is 15.5. The Kier molecular flexibility index (Phi) is 4.31. The first-order valence-electron chi connectivity index (χ1n) is 6.95. The van der Waals surface area contributed by atoms with Crippen LogP contribution in [0.25, 0.3) is 10.6 Å². The van der Waals surface area contributed by atoms with E-state index < -0.39 is 0 Å². The van der Waals surface area contributed by atoms with Crippen molar-refractivity contribution in [2.45, 2.75) is 20.3 Å². The summed E-state index contributed by atoms with van der Waals surface area (Å²) in [5.41, 5.74) is 3.07. The van der Waals surface area contributed by atoms with Crippen molar-refractivity contribution in [3.05, 3.63) is 52.0 Å². The lowest BCUT2D eigenvalue weighted by Crippen LogP contribution is -2.11. The number of aromatic nitrogens is 2. The molecule has 3 rings (SSSR count). The summed E-state index contributed by atoms with van der Waals surface area (Å²) in [6, 6.07) is 8.31. The van der Waals surface area contributed by atoms with E-state index in [1.807, 2.05) is 12.3 Å². The van der Waals surface area contributed by atoms with E-state index >= 15 is 0 Å². The summed E-state index contributed by atoms with van der Waals surface area (Å²) in [5, 5.41) is 6.10. The van der Waals surface area contributed by atoms with Crippen LogP contribution in [0.1, 0.15) is 27.9 Å². The maximum absolute atomic E-state index is 12.3. The Bertz CT molecular complexity index is 776. The first-order valence-corrected chi connectivity index (χ1v) is 8.64. The van der Waals surface area contributed by atoms with Crippen LogP contribution in [0, 0.1) is 6.92 Å². The molecule has 0 saturated heterocycles. The van der Waals surface area contributed by atoms with Crippen LogP contribution in [0.5, 0.6) is 0 Å². The number of aryl methyl sites for hydroxylation is 2. The highest BCUT2D eigenvalue weighted by Crippen LogP contribution is 2.29. The van der Waals surface area contributed by atoms with Crippen LogP contribution >= 0.6 is 22.7 Å². The molecule has 2 aromatic heterocycles. The molecule has 1 amide bonds. The van der Waals surface area contributed by atoms with Gasteiger partial charge in [0.2, 0.25) is 0 Å². The van der Waals surface area contributed by atoms with Gasteiger partial charge in [-0.2, -0.15) is 0 Å². The van der Waals surface area contributed by atoms with Crippen LogP contribution in [0.3, 0.4) is 0 Å². The molecule has 0 spiro atoms. The van der Waals surface area contributed by atoms with Crippen molar-refractivity contribution in [2.24, 2.45) is 0 Å². The third-order valence-electron chi connectivity index (χ3n) is 3.26. The Morgan fingerprint density at radius 3 is 2.68 bits per heavy atom. The molecule has 6 heteroatoms. The predicted molar refractivity (Wildman–Crippen MR) is 91.7 cm³/mol. The number of anilines is 1. The summed E-state index contributed by atoms with van der Waals surface area (Å²) < 4.78 is 0. The predicted octanol–water partition coefficient (Wildman–Crippen LogP) is 4.39. The van der Waals surface area contributed by atoms with Crippen molar-refractivity contribution in [1.82, 2.24) is 9.97 Å². The molecule has 4 nitrogen and oxygen atoms in total. The van der Waals surface area contributed by atoms with Crippen LogP contribution in [0.2, 0.25) is 0 Å². The molecule has 0 fully saturated rings. The molecule has 0 unspecified atom stereocenters. The van der Waals surface area contributed by atoms with Crippen LogP contribution in [0.4, 0.5) is 5.13 Å². The first-order chi connectivity index (χ1) is 10.7. The lowest BCUT2D eigenvalue weighted by atomic mass is 10.1. The van der Waals surface area contributed by atoms with Gasteiger partial charge in [0, 0.05) is 17.1 Å². The van der Waals surface area contributed by atoms with Gasteiger partial charge in [0.05, 0.1) is 5.69 Å². The van der Waals surface area contributed by atoms with Crippen molar-refractivity contribution in [2.75, 3.05) is 5.32 Å². The fourth-order valence-electron chi connectivity index (χ4n) is 2.05. The molecule has 0 radical (unpaired) electrons. The Morgan fingerprint density at radius 2 is 2.05 bits per heavy atom. The monoisotopic (exact) mass is 329 g/mol. The third kappa shape index (κ3) is 3.08. The average Bonchev–Trinajstić information content (AvgIpc) is 3.17. The van der Waals surface area contributed by atoms with Crippen molar-refractivity contribution in [3.8, 4) is 10.6 Å². The molecule has 0 atom stereocenters. The number of amides is 1. The maximum atomic E-state index is 12.3. The Hall–Kier alpha value is -2.05. The molecular formula is C16H15N3OS2. The molecule has 1 aromatic carbocycles. The lowest BCUT2D eigenvalue weighted by Gasteiger charge is -1.99. The number of nitrogens with zero attached hydrogens (tertiary/aromatic N) is 2. The van der Waals surface area contributed by atoms with E-state index in [1.54, 1.807) is 6.20 Å². The summed E-state index contributed by atoms with van der Waals surface area (Å²) in [4.78, 5) is 21.5. The van der Waals surface area contributed by atoms with Crippen molar-refractivity contribution in [1.29, 1.82) is 0 Å². The highest BCUT2D eigenvalue weighted by atomic mass is 32.1. The SMILES string of the molecule is CCc1ccc(-c2nc(C)c(C(=O)Nc3nccs3)s2)cc1. The zero-order valence-corrected chi connectivity index (χ0v) is 13.9. The Morgan fingerprint density at radius 1 is 1.27 bits per heavy atom. The molecule has 22 heavy (non-hydrogen) atoms. The van der Waals surface area contributed by atoms with Crippen LogP contribution in [-0.4, -0.2) is 15.9 Å². The molecule has 2 heterocycles. The second kappa shape index (κ2) is 6.37. The number of carbonyl (C=O) groups is 1. The lowest BCUT2D eigenvalue weighted by molar-refractivity contribution is 0.103. The number of nitrogens with one attached hydrogen (secondary N) is 1. The van der Waals surface area contributed by atoms with Crippen LogP contribution in [0.15, 0.2) is 35.8 Å². The van der Waals surface area contributed by atoms with E-state index in [0.29, 0.717) is 10.0 Å². The maximum Gasteiger partial charge on any atom is 0.269 e. The third-order valence-corrected chi connectivity index (χ3v) is 5.16. The van der Waals surface area contributed by atoms with Gasteiger partial charge in [0.15, 0.2) is 5.13 Å². The number of thiazole rings is 2. The smallest absolute Gasteiger partial charge is 0.269 e. The second-order valence-electron chi connectivity index (χ2n) is 4.78. The van der Waals surface area contributed by atoms with E-state index in [2.05, 4.69) is 46.5 Å². The summed E-state index contributed by atoms with van der Waals surface area (Å²) in [6.45, 7) is 3.99. The molecular weight excluding hydrogens is 314 g/mol. The van der Waals surface area contributed by atoms with Gasteiger partial charge in [0.1, 0.15) is 9.88 Å². The summed E-state index contributed by atoms with van der Waals surface area (Å²) in [5.74, 6) is -0.152. The van der Waals surface area contributed by atoms with Crippen LogP contribution in [-0.2, 0) is 6.42 Å². The van der Waals surface area contributed by atoms with Gasteiger partial charge in [-0.1, -0.05) is 31.2 Å². The summed E-state index contributed by atoms with van der Waals surface area (Å²) >= 11 is 2.81. The molecule has 0 saturated carbocycles. The Balaban J connectivity index is 1.84. The van der Waals surface area contributed by atoms with Crippen molar-refractivity contribution in [3.63, 3.8) is 0 Å². The summed E-state index contributed by atoms with van der Waals surface area (Å²) in [7, 11) is 0. The fourth-order valence-corrected chi connectivity index (χ4v) is 3.54. The highest BCUT2D eigenvalue weighted by molar-refractivity contribution is 7.17. The molecule has 112 valence electrons. The largest absolute Gasteiger partial charge is 0.297 e. The van der Waals surface area contributed by atoms with E-state index in [1.165, 1.54) is 28.2 Å². The number of hydrogen-bond donors (Lipinski definition) is 1. The van der Waals surface area contributed by atoms with E-state index in [4.69, 9.17) is 0 Å². The quantitative estimate of drug-likeness (QED) is 0.772. The summed E-state index contributed by atoms with van der Waals surface area (Å²) in [6.07, 6.45) is 2.68. The van der Waals surface area contributed by atoms with Gasteiger partial charge >= 0.3 is 0 Å². The van der Waals surface area contributed by atoms with E-state index in [0.717, 1.165) is 22.7 Å². The highest BCUT2D eigenvalue weighted by Gasteiger charge is 2.17. The van der Waals surface area contributed by atoms with Gasteiger partial charge in [-0.05, 0) is 18.9 Å². The molecule has 0 aliphatic rings. The normalized spacial score (nSPS) is 10.6. The van der Waals surface area contributed by atoms with Gasteiger partial charge in [-0.3, -0.25) is 10.1 Å². The van der Waals surface area contributed by atoms with Crippen molar-refractivity contribution >= 4 is 33.7 Å². The second-order valence-corrected chi connectivity index (χ2v) is 6.67. The number of benzene rings is 1. The number of hydrogen-bond acceptors (Lipinski definition) is 5. The van der Waals surface area contributed by atoms with E-state index in [-0.39, 0.29) is 5.91 Å². The van der Waals surface area contributed by atoms with Gasteiger partial charge < -0.3 is 0 Å².